The Morgan fingerprint density at radius 3 is 2.90 bits per heavy atom. The molecule has 1 atom stereocenters. The summed E-state index contributed by atoms with van der Waals surface area (Å²) >= 11 is 1.75. The predicted octanol–water partition coefficient (Wildman–Crippen LogP) is 1.05. The SMILES string of the molecule is CCCCSCC(N)C=O. The first-order valence-electron chi connectivity index (χ1n) is 3.60. The molecule has 0 spiro atoms. The molecule has 0 radical (unpaired) electrons. The lowest BCUT2D eigenvalue weighted by atomic mass is 10.4. The number of carbonyl (C=O) groups excluding carboxylic acids is 1. The third-order valence-corrected chi connectivity index (χ3v) is 2.33. The second-order valence-electron chi connectivity index (χ2n) is 2.23. The highest BCUT2D eigenvalue weighted by Crippen LogP contribution is 2.04. The molecular formula is C7H15NOS. The van der Waals surface area contributed by atoms with Gasteiger partial charge in [0.1, 0.15) is 6.29 Å². The molecule has 0 aliphatic rings. The molecule has 2 N–H and O–H groups in total. The second-order valence-corrected chi connectivity index (χ2v) is 3.38. The Labute approximate surface area is 66.6 Å². The summed E-state index contributed by atoms with van der Waals surface area (Å²) < 4.78 is 0. The molecule has 0 saturated carbocycles. The molecule has 0 aromatic carbocycles. The number of nitrogens with two attached hydrogens (primary N) is 1. The van der Waals surface area contributed by atoms with Crippen LogP contribution in [-0.4, -0.2) is 23.8 Å². The Morgan fingerprint density at radius 2 is 2.40 bits per heavy atom. The minimum absolute atomic E-state index is 0.262. The summed E-state index contributed by atoms with van der Waals surface area (Å²) in [6, 6.07) is -0.262. The molecule has 0 aromatic heterocycles. The van der Waals surface area contributed by atoms with Crippen LogP contribution in [0.2, 0.25) is 0 Å². The van der Waals surface area contributed by atoms with E-state index in [1.165, 1.54) is 12.8 Å². The highest BCUT2D eigenvalue weighted by molar-refractivity contribution is 7.99. The Bertz CT molecular complexity index is 87.7. The summed E-state index contributed by atoms with van der Waals surface area (Å²) in [7, 11) is 0. The molecule has 3 heteroatoms. The molecule has 0 aliphatic carbocycles. The fraction of sp³-hybridized carbons (Fsp3) is 0.857. The minimum atomic E-state index is -0.262. The molecule has 2 nitrogen and oxygen atoms in total. The van der Waals surface area contributed by atoms with Gasteiger partial charge in [-0.25, -0.2) is 0 Å². The van der Waals surface area contributed by atoms with E-state index in [2.05, 4.69) is 6.92 Å². The molecule has 10 heavy (non-hydrogen) atoms. The van der Waals surface area contributed by atoms with Gasteiger partial charge in [-0.05, 0) is 12.2 Å². The van der Waals surface area contributed by atoms with Crippen molar-refractivity contribution in [3.8, 4) is 0 Å². The monoisotopic (exact) mass is 161 g/mol. The van der Waals surface area contributed by atoms with Crippen LogP contribution in [0.3, 0.4) is 0 Å². The van der Waals surface area contributed by atoms with Crippen LogP contribution in [0.25, 0.3) is 0 Å². The summed E-state index contributed by atoms with van der Waals surface area (Å²) in [6.45, 7) is 2.15. The molecule has 60 valence electrons. The number of rotatable bonds is 6. The molecule has 0 aromatic rings. The van der Waals surface area contributed by atoms with Crippen molar-refractivity contribution < 1.29 is 4.79 Å². The van der Waals surface area contributed by atoms with Crippen molar-refractivity contribution in [2.45, 2.75) is 25.8 Å². The zero-order valence-electron chi connectivity index (χ0n) is 6.38. The average molecular weight is 161 g/mol. The van der Waals surface area contributed by atoms with Gasteiger partial charge in [0, 0.05) is 5.75 Å². The van der Waals surface area contributed by atoms with Gasteiger partial charge < -0.3 is 10.5 Å². The summed E-state index contributed by atoms with van der Waals surface area (Å²) in [5.41, 5.74) is 5.37. The summed E-state index contributed by atoms with van der Waals surface area (Å²) in [5.74, 6) is 1.89. The molecular weight excluding hydrogens is 146 g/mol. The molecule has 0 aliphatic heterocycles. The van der Waals surface area contributed by atoms with Gasteiger partial charge in [-0.2, -0.15) is 11.8 Å². The van der Waals surface area contributed by atoms with Gasteiger partial charge in [-0.1, -0.05) is 13.3 Å². The van der Waals surface area contributed by atoms with E-state index in [1.54, 1.807) is 11.8 Å². The van der Waals surface area contributed by atoms with Crippen LogP contribution in [0.15, 0.2) is 0 Å². The zero-order valence-corrected chi connectivity index (χ0v) is 7.19. The molecule has 0 heterocycles. The van der Waals surface area contributed by atoms with Crippen molar-refractivity contribution in [1.29, 1.82) is 0 Å². The van der Waals surface area contributed by atoms with E-state index >= 15 is 0 Å². The van der Waals surface area contributed by atoms with E-state index in [4.69, 9.17) is 5.73 Å². The van der Waals surface area contributed by atoms with E-state index in [9.17, 15) is 4.79 Å². The highest BCUT2D eigenvalue weighted by atomic mass is 32.2. The predicted molar refractivity (Wildman–Crippen MR) is 46.3 cm³/mol. The lowest BCUT2D eigenvalue weighted by Crippen LogP contribution is -2.24. The number of hydrogen-bond donors (Lipinski definition) is 1. The van der Waals surface area contributed by atoms with Gasteiger partial charge in [0.2, 0.25) is 0 Å². The molecule has 1 unspecified atom stereocenters. The standard InChI is InChI=1S/C7H15NOS/c1-2-3-4-10-6-7(8)5-9/h5,7H,2-4,6,8H2,1H3. The van der Waals surface area contributed by atoms with E-state index in [1.807, 2.05) is 0 Å². The Kier molecular flexibility index (Phi) is 7.08. The van der Waals surface area contributed by atoms with Crippen LogP contribution in [0.4, 0.5) is 0 Å². The van der Waals surface area contributed by atoms with Gasteiger partial charge in [0.15, 0.2) is 0 Å². The van der Waals surface area contributed by atoms with Crippen molar-refractivity contribution in [2.75, 3.05) is 11.5 Å². The lowest BCUT2D eigenvalue weighted by Gasteiger charge is -2.01. The first-order valence-corrected chi connectivity index (χ1v) is 4.75. The zero-order chi connectivity index (χ0) is 7.82. The third-order valence-electron chi connectivity index (χ3n) is 1.13. The van der Waals surface area contributed by atoms with Crippen LogP contribution in [0, 0.1) is 0 Å². The normalized spacial score (nSPS) is 13.0. The summed E-state index contributed by atoms with van der Waals surface area (Å²) in [6.07, 6.45) is 3.23. The van der Waals surface area contributed by atoms with E-state index in [0.29, 0.717) is 0 Å². The molecule has 0 bridgehead atoms. The quantitative estimate of drug-likeness (QED) is 0.467. The maximum absolute atomic E-state index is 10.0. The summed E-state index contributed by atoms with van der Waals surface area (Å²) in [4.78, 5) is 10.0. The molecule has 0 amide bonds. The van der Waals surface area contributed by atoms with Crippen LogP contribution in [-0.2, 0) is 4.79 Å². The highest BCUT2D eigenvalue weighted by Gasteiger charge is 1.97. The van der Waals surface area contributed by atoms with Crippen LogP contribution in [0.5, 0.6) is 0 Å². The maximum Gasteiger partial charge on any atom is 0.137 e. The average Bonchev–Trinajstić information content (AvgIpc) is 1.98. The van der Waals surface area contributed by atoms with E-state index in [-0.39, 0.29) is 6.04 Å². The number of thioether (sulfide) groups is 1. The van der Waals surface area contributed by atoms with E-state index < -0.39 is 0 Å². The maximum atomic E-state index is 10.0. The molecule has 0 fully saturated rings. The van der Waals surface area contributed by atoms with Crippen LogP contribution in [0.1, 0.15) is 19.8 Å². The summed E-state index contributed by atoms with van der Waals surface area (Å²) in [5, 5.41) is 0. The fourth-order valence-electron chi connectivity index (χ4n) is 0.505. The van der Waals surface area contributed by atoms with Crippen LogP contribution >= 0.6 is 11.8 Å². The van der Waals surface area contributed by atoms with Crippen molar-refractivity contribution >= 4 is 18.0 Å². The largest absolute Gasteiger partial charge is 0.321 e. The Hall–Kier alpha value is -0.0200. The molecule has 0 rings (SSSR count). The second kappa shape index (κ2) is 7.09. The Morgan fingerprint density at radius 1 is 1.70 bits per heavy atom. The van der Waals surface area contributed by atoms with Gasteiger partial charge >= 0.3 is 0 Å². The first kappa shape index (κ1) is 9.98. The smallest absolute Gasteiger partial charge is 0.137 e. The third kappa shape index (κ3) is 6.11. The molecule has 0 saturated heterocycles. The van der Waals surface area contributed by atoms with E-state index in [0.717, 1.165) is 17.8 Å². The van der Waals surface area contributed by atoms with Gasteiger partial charge in [0.25, 0.3) is 0 Å². The Balaban J connectivity index is 2.95. The number of unbranched alkanes of at least 4 members (excludes halogenated alkanes) is 1. The van der Waals surface area contributed by atoms with Crippen molar-refractivity contribution in [3.05, 3.63) is 0 Å². The fourth-order valence-corrected chi connectivity index (χ4v) is 1.52. The van der Waals surface area contributed by atoms with Gasteiger partial charge in [-0.3, -0.25) is 0 Å². The van der Waals surface area contributed by atoms with Crippen LogP contribution < -0.4 is 5.73 Å². The minimum Gasteiger partial charge on any atom is -0.321 e. The van der Waals surface area contributed by atoms with Crippen molar-refractivity contribution in [2.24, 2.45) is 5.73 Å². The van der Waals surface area contributed by atoms with Crippen molar-refractivity contribution in [3.63, 3.8) is 0 Å². The van der Waals surface area contributed by atoms with Crippen molar-refractivity contribution in [1.82, 2.24) is 0 Å². The topological polar surface area (TPSA) is 43.1 Å². The first-order chi connectivity index (χ1) is 4.81. The number of carbonyl (C=O) groups is 1. The number of aldehydes is 1. The van der Waals surface area contributed by atoms with Gasteiger partial charge in [-0.15, -0.1) is 0 Å². The lowest BCUT2D eigenvalue weighted by molar-refractivity contribution is -0.108. The van der Waals surface area contributed by atoms with Gasteiger partial charge in [0.05, 0.1) is 6.04 Å². The number of hydrogen-bond acceptors (Lipinski definition) is 3.